The second kappa shape index (κ2) is 7.45. The second-order valence-electron chi connectivity index (χ2n) is 4.95. The topological polar surface area (TPSA) is 44.8 Å². The molecule has 0 amide bonds. The third-order valence-electron chi connectivity index (χ3n) is 2.08. The molecule has 100 valence electrons. The van der Waals surface area contributed by atoms with Crippen LogP contribution in [-0.4, -0.2) is 24.8 Å². The zero-order chi connectivity index (χ0) is 13.5. The average Bonchev–Trinajstić information content (AvgIpc) is 2.25. The lowest BCUT2D eigenvalue weighted by Crippen LogP contribution is -2.23. The van der Waals surface area contributed by atoms with E-state index in [1.807, 2.05) is 34.6 Å². The van der Waals surface area contributed by atoms with E-state index in [4.69, 9.17) is 9.78 Å². The van der Waals surface area contributed by atoms with Crippen LogP contribution in [0.4, 0.5) is 0 Å². The summed E-state index contributed by atoms with van der Waals surface area (Å²) in [6.45, 7) is 9.50. The average molecular weight is 244 g/mol. The van der Waals surface area contributed by atoms with Crippen molar-refractivity contribution < 1.29 is 19.3 Å². The quantitative estimate of drug-likeness (QED) is 0.312. The highest BCUT2D eigenvalue weighted by Crippen LogP contribution is 2.14. The first-order valence-corrected chi connectivity index (χ1v) is 5.88. The number of esters is 1. The zero-order valence-corrected chi connectivity index (χ0v) is 11.7. The number of allylic oxidation sites excluding steroid dienone is 1. The smallest absolute Gasteiger partial charge is 0.333 e. The fourth-order valence-corrected chi connectivity index (χ4v) is 1.13. The van der Waals surface area contributed by atoms with Crippen LogP contribution >= 0.6 is 0 Å². The fraction of sp³-hybridized carbons (Fsp3) is 0.769. The predicted molar refractivity (Wildman–Crippen MR) is 66.4 cm³/mol. The molecule has 4 heteroatoms. The van der Waals surface area contributed by atoms with Crippen LogP contribution in [0.25, 0.3) is 0 Å². The number of carbonyl (C=O) groups is 1. The number of hydrogen-bond acceptors (Lipinski definition) is 4. The molecule has 0 radical (unpaired) electrons. The van der Waals surface area contributed by atoms with Crippen molar-refractivity contribution in [2.45, 2.75) is 59.2 Å². The largest absolute Gasteiger partial charge is 0.466 e. The molecule has 1 atom stereocenters. The molecule has 0 fully saturated rings. The minimum atomic E-state index is -0.319. The summed E-state index contributed by atoms with van der Waals surface area (Å²) >= 11 is 0. The van der Waals surface area contributed by atoms with E-state index in [0.717, 1.165) is 0 Å². The molecule has 0 saturated heterocycles. The Bertz CT molecular complexity index is 263. The summed E-state index contributed by atoms with van der Waals surface area (Å²) in [4.78, 5) is 21.8. The van der Waals surface area contributed by atoms with Gasteiger partial charge in [-0.1, -0.05) is 6.08 Å². The van der Waals surface area contributed by atoms with Gasteiger partial charge in [0.2, 0.25) is 0 Å². The molecule has 0 aromatic heterocycles. The van der Waals surface area contributed by atoms with Crippen LogP contribution < -0.4 is 0 Å². The van der Waals surface area contributed by atoms with Crippen molar-refractivity contribution in [3.8, 4) is 0 Å². The lowest BCUT2D eigenvalue weighted by Gasteiger charge is -2.21. The molecule has 17 heavy (non-hydrogen) atoms. The molecule has 0 bridgehead atoms. The van der Waals surface area contributed by atoms with Crippen molar-refractivity contribution in [2.24, 2.45) is 0 Å². The number of rotatable bonds is 6. The summed E-state index contributed by atoms with van der Waals surface area (Å²) in [5.74, 6) is -0.281. The first-order chi connectivity index (χ1) is 7.80. The van der Waals surface area contributed by atoms with Crippen LogP contribution in [0, 0.1) is 0 Å². The Hall–Kier alpha value is -0.870. The number of ether oxygens (including phenoxy) is 1. The van der Waals surface area contributed by atoms with Crippen molar-refractivity contribution in [3.05, 3.63) is 11.6 Å². The summed E-state index contributed by atoms with van der Waals surface area (Å²) in [5.41, 5.74) is 0.346. The van der Waals surface area contributed by atoms with Gasteiger partial charge < -0.3 is 4.74 Å². The van der Waals surface area contributed by atoms with Crippen LogP contribution in [0.5, 0.6) is 0 Å². The van der Waals surface area contributed by atoms with Gasteiger partial charge in [0.05, 0.1) is 18.8 Å². The van der Waals surface area contributed by atoms with Gasteiger partial charge in [-0.3, -0.25) is 0 Å². The van der Waals surface area contributed by atoms with Gasteiger partial charge in [-0.2, -0.15) is 0 Å². The Morgan fingerprint density at radius 1 is 1.35 bits per heavy atom. The molecule has 0 rings (SSSR count). The first kappa shape index (κ1) is 16.1. The zero-order valence-electron chi connectivity index (χ0n) is 11.7. The lowest BCUT2D eigenvalue weighted by molar-refractivity contribution is -0.370. The maximum atomic E-state index is 11.3. The highest BCUT2D eigenvalue weighted by Gasteiger charge is 2.15. The maximum absolute atomic E-state index is 11.3. The van der Waals surface area contributed by atoms with E-state index in [1.165, 1.54) is 7.11 Å². The third-order valence-corrected chi connectivity index (χ3v) is 2.08. The molecule has 0 N–H and O–H groups in total. The van der Waals surface area contributed by atoms with Crippen molar-refractivity contribution in [3.63, 3.8) is 0 Å². The SMILES string of the molecule is CC=C(CCC(C)OOC(C)(C)C)C(=O)OC. The van der Waals surface area contributed by atoms with E-state index in [9.17, 15) is 4.79 Å². The standard InChI is InChI=1S/C13H24O4/c1-7-11(12(14)15-6)9-8-10(2)16-17-13(3,4)5/h7,10H,8-9H2,1-6H3. The maximum Gasteiger partial charge on any atom is 0.333 e. The van der Waals surface area contributed by atoms with E-state index >= 15 is 0 Å². The van der Waals surface area contributed by atoms with E-state index < -0.39 is 0 Å². The second-order valence-corrected chi connectivity index (χ2v) is 4.95. The molecular weight excluding hydrogens is 220 g/mol. The molecule has 0 aliphatic heterocycles. The van der Waals surface area contributed by atoms with Gasteiger partial charge >= 0.3 is 5.97 Å². The molecular formula is C13H24O4. The summed E-state index contributed by atoms with van der Waals surface area (Å²) in [7, 11) is 1.38. The van der Waals surface area contributed by atoms with Crippen LogP contribution in [0.1, 0.15) is 47.5 Å². The molecule has 0 saturated carbocycles. The van der Waals surface area contributed by atoms with Crippen molar-refractivity contribution in [1.29, 1.82) is 0 Å². The van der Waals surface area contributed by atoms with Crippen LogP contribution in [0.2, 0.25) is 0 Å². The highest BCUT2D eigenvalue weighted by molar-refractivity contribution is 5.88. The Morgan fingerprint density at radius 3 is 2.35 bits per heavy atom. The lowest BCUT2D eigenvalue weighted by atomic mass is 10.1. The molecule has 0 spiro atoms. The number of carbonyl (C=O) groups excluding carboxylic acids is 1. The van der Waals surface area contributed by atoms with Gasteiger partial charge in [0.25, 0.3) is 0 Å². The van der Waals surface area contributed by atoms with Crippen LogP contribution in [0.3, 0.4) is 0 Å². The molecule has 4 nitrogen and oxygen atoms in total. The Kier molecular flexibility index (Phi) is 7.07. The van der Waals surface area contributed by atoms with Gasteiger partial charge in [0, 0.05) is 5.57 Å². The summed E-state index contributed by atoms with van der Waals surface area (Å²) < 4.78 is 4.67. The van der Waals surface area contributed by atoms with Crippen molar-refractivity contribution in [2.75, 3.05) is 7.11 Å². The van der Waals surface area contributed by atoms with E-state index in [1.54, 1.807) is 6.08 Å². The van der Waals surface area contributed by atoms with Crippen LogP contribution in [-0.2, 0) is 19.3 Å². The Morgan fingerprint density at radius 2 is 1.94 bits per heavy atom. The minimum Gasteiger partial charge on any atom is -0.466 e. The first-order valence-electron chi connectivity index (χ1n) is 5.88. The fourth-order valence-electron chi connectivity index (χ4n) is 1.13. The number of methoxy groups -OCH3 is 1. The van der Waals surface area contributed by atoms with Crippen LogP contribution in [0.15, 0.2) is 11.6 Å². The summed E-state index contributed by atoms with van der Waals surface area (Å²) in [6, 6.07) is 0. The summed E-state index contributed by atoms with van der Waals surface area (Å²) in [6.07, 6.45) is 3.04. The third kappa shape index (κ3) is 7.94. The normalized spacial score (nSPS) is 14.6. The van der Waals surface area contributed by atoms with E-state index in [2.05, 4.69) is 4.74 Å². The monoisotopic (exact) mass is 244 g/mol. The highest BCUT2D eigenvalue weighted by atomic mass is 17.2. The molecule has 0 aromatic rings. The van der Waals surface area contributed by atoms with Gasteiger partial charge in [-0.15, -0.1) is 0 Å². The Balaban J connectivity index is 3.98. The molecule has 0 aliphatic carbocycles. The number of hydrogen-bond donors (Lipinski definition) is 0. The summed E-state index contributed by atoms with van der Waals surface area (Å²) in [5, 5.41) is 0. The molecule has 0 aliphatic rings. The van der Waals surface area contributed by atoms with Gasteiger partial charge in [-0.05, 0) is 47.5 Å². The molecule has 0 heterocycles. The minimum absolute atomic E-state index is 0.0613. The van der Waals surface area contributed by atoms with Crippen molar-refractivity contribution >= 4 is 5.97 Å². The van der Waals surface area contributed by atoms with E-state index in [0.29, 0.717) is 18.4 Å². The Labute approximate surface area is 104 Å². The van der Waals surface area contributed by atoms with E-state index in [-0.39, 0.29) is 17.7 Å². The van der Waals surface area contributed by atoms with Gasteiger partial charge in [0.15, 0.2) is 0 Å². The predicted octanol–water partition coefficient (Wildman–Crippen LogP) is 3.02. The van der Waals surface area contributed by atoms with Gasteiger partial charge in [-0.25, -0.2) is 14.6 Å². The molecule has 0 aromatic carbocycles. The van der Waals surface area contributed by atoms with Crippen molar-refractivity contribution in [1.82, 2.24) is 0 Å². The van der Waals surface area contributed by atoms with Gasteiger partial charge in [0.1, 0.15) is 0 Å². The molecule has 1 unspecified atom stereocenters.